The van der Waals surface area contributed by atoms with Gasteiger partial charge in [0.25, 0.3) is 5.91 Å². The highest BCUT2D eigenvalue weighted by Gasteiger charge is 2.33. The molecule has 0 radical (unpaired) electrons. The van der Waals surface area contributed by atoms with Crippen LogP contribution in [0.3, 0.4) is 0 Å². The molecular formula is C12H13F3N2OS. The number of amides is 1. The van der Waals surface area contributed by atoms with E-state index >= 15 is 0 Å². The molecule has 7 heteroatoms. The van der Waals surface area contributed by atoms with Gasteiger partial charge < -0.3 is 10.6 Å². The number of carbonyl (C=O) groups is 1. The monoisotopic (exact) mass is 290 g/mol. The molecule has 0 atom stereocenters. The van der Waals surface area contributed by atoms with Crippen LogP contribution in [-0.2, 0) is 0 Å². The molecular weight excluding hydrogens is 277 g/mol. The predicted molar refractivity (Wildman–Crippen MR) is 67.9 cm³/mol. The first-order valence-electron chi connectivity index (χ1n) is 5.51. The van der Waals surface area contributed by atoms with Crippen molar-refractivity contribution in [1.29, 1.82) is 0 Å². The zero-order valence-corrected chi connectivity index (χ0v) is 11.1. The molecule has 0 aromatic carbocycles. The molecule has 2 N–H and O–H groups in total. The zero-order valence-electron chi connectivity index (χ0n) is 10.3. The normalized spacial score (nSPS) is 10.8. The van der Waals surface area contributed by atoms with Crippen molar-refractivity contribution in [1.82, 2.24) is 4.90 Å². The summed E-state index contributed by atoms with van der Waals surface area (Å²) in [7, 11) is 0. The van der Waals surface area contributed by atoms with E-state index in [4.69, 9.17) is 5.73 Å². The molecule has 0 unspecified atom stereocenters. The van der Waals surface area contributed by atoms with Crippen LogP contribution in [0, 0.1) is 11.8 Å². The lowest BCUT2D eigenvalue weighted by Crippen LogP contribution is -2.38. The molecule has 1 aromatic rings. The number of thiophene rings is 1. The van der Waals surface area contributed by atoms with Gasteiger partial charge in [0.2, 0.25) is 0 Å². The van der Waals surface area contributed by atoms with Crippen LogP contribution < -0.4 is 5.73 Å². The van der Waals surface area contributed by atoms with Crippen molar-refractivity contribution >= 4 is 17.2 Å². The van der Waals surface area contributed by atoms with Crippen molar-refractivity contribution in [3.8, 4) is 11.8 Å². The molecule has 0 aliphatic rings. The van der Waals surface area contributed by atoms with Gasteiger partial charge in [-0.3, -0.25) is 4.79 Å². The highest BCUT2D eigenvalue weighted by molar-refractivity contribution is 7.12. The van der Waals surface area contributed by atoms with Crippen molar-refractivity contribution < 1.29 is 18.0 Å². The summed E-state index contributed by atoms with van der Waals surface area (Å²) in [6.07, 6.45) is -4.41. The van der Waals surface area contributed by atoms with E-state index < -0.39 is 18.6 Å². The highest BCUT2D eigenvalue weighted by Crippen LogP contribution is 2.22. The molecule has 0 bridgehead atoms. The minimum absolute atomic E-state index is 0.0139. The van der Waals surface area contributed by atoms with Gasteiger partial charge in [-0.05, 0) is 18.4 Å². The van der Waals surface area contributed by atoms with Crippen LogP contribution in [0.15, 0.2) is 11.4 Å². The van der Waals surface area contributed by atoms with Crippen LogP contribution in [0.25, 0.3) is 0 Å². The topological polar surface area (TPSA) is 46.3 Å². The Morgan fingerprint density at radius 3 is 2.74 bits per heavy atom. The lowest BCUT2D eigenvalue weighted by molar-refractivity contribution is -0.140. The first kappa shape index (κ1) is 15.5. The maximum absolute atomic E-state index is 12.4. The number of nitrogens with zero attached hydrogens (tertiary/aromatic N) is 1. The number of halogens is 3. The molecule has 19 heavy (non-hydrogen) atoms. The zero-order chi connectivity index (χ0) is 14.5. The standard InChI is InChI=1S/C12H13F3N2OS/c1-2-17(8-12(13,14)15)11(18)10-9(4-3-6-16)5-7-19-10/h5,7H,2,6,8,16H2,1H3. The summed E-state index contributed by atoms with van der Waals surface area (Å²) < 4.78 is 37.1. The third-order valence-electron chi connectivity index (χ3n) is 2.22. The average Bonchev–Trinajstić information content (AvgIpc) is 2.79. The van der Waals surface area contributed by atoms with Crippen LogP contribution in [-0.4, -0.2) is 36.6 Å². The van der Waals surface area contributed by atoms with Crippen LogP contribution in [0.1, 0.15) is 22.2 Å². The molecule has 1 amide bonds. The van der Waals surface area contributed by atoms with Gasteiger partial charge in [-0.2, -0.15) is 13.2 Å². The summed E-state index contributed by atoms with van der Waals surface area (Å²) in [4.78, 5) is 13.0. The summed E-state index contributed by atoms with van der Waals surface area (Å²) in [5, 5.41) is 1.62. The molecule has 3 nitrogen and oxygen atoms in total. The summed E-state index contributed by atoms with van der Waals surface area (Å²) in [6, 6.07) is 1.60. The van der Waals surface area contributed by atoms with Crippen molar-refractivity contribution in [3.63, 3.8) is 0 Å². The maximum atomic E-state index is 12.4. The van der Waals surface area contributed by atoms with Crippen LogP contribution in [0.5, 0.6) is 0 Å². The van der Waals surface area contributed by atoms with Crippen molar-refractivity contribution in [3.05, 3.63) is 21.9 Å². The number of alkyl halides is 3. The Labute approximate surface area is 113 Å². The van der Waals surface area contributed by atoms with Gasteiger partial charge in [0.1, 0.15) is 11.4 Å². The Hall–Kier alpha value is -1.52. The maximum Gasteiger partial charge on any atom is 0.406 e. The second-order valence-electron chi connectivity index (χ2n) is 3.60. The molecule has 0 saturated carbocycles. The van der Waals surface area contributed by atoms with E-state index in [1.807, 2.05) is 0 Å². The average molecular weight is 290 g/mol. The number of rotatable bonds is 3. The molecule has 0 fully saturated rings. The largest absolute Gasteiger partial charge is 0.406 e. The lowest BCUT2D eigenvalue weighted by Gasteiger charge is -2.21. The number of nitrogens with two attached hydrogens (primary N) is 1. The van der Waals surface area contributed by atoms with Crippen molar-refractivity contribution in [2.24, 2.45) is 5.73 Å². The number of hydrogen-bond donors (Lipinski definition) is 1. The highest BCUT2D eigenvalue weighted by atomic mass is 32.1. The van der Waals surface area contributed by atoms with Gasteiger partial charge in [0.05, 0.1) is 6.54 Å². The van der Waals surface area contributed by atoms with Crippen LogP contribution >= 0.6 is 11.3 Å². The molecule has 0 spiro atoms. The Morgan fingerprint density at radius 1 is 1.53 bits per heavy atom. The Morgan fingerprint density at radius 2 is 2.21 bits per heavy atom. The fourth-order valence-corrected chi connectivity index (χ4v) is 2.22. The Bertz CT molecular complexity index is 499. The Balaban J connectivity index is 2.95. The molecule has 1 heterocycles. The SMILES string of the molecule is CCN(CC(F)(F)F)C(=O)c1sccc1C#CCN. The van der Waals surface area contributed by atoms with E-state index in [1.54, 1.807) is 11.4 Å². The fourth-order valence-electron chi connectivity index (χ4n) is 1.41. The number of hydrogen-bond acceptors (Lipinski definition) is 3. The van der Waals surface area contributed by atoms with Gasteiger partial charge in [-0.15, -0.1) is 11.3 Å². The molecule has 0 aliphatic heterocycles. The van der Waals surface area contributed by atoms with Gasteiger partial charge in [-0.1, -0.05) is 11.8 Å². The predicted octanol–water partition coefficient (Wildman–Crippen LogP) is 2.08. The minimum atomic E-state index is -4.41. The number of carbonyl (C=O) groups excluding carboxylic acids is 1. The smallest absolute Gasteiger partial charge is 0.329 e. The van der Waals surface area contributed by atoms with Gasteiger partial charge in [0.15, 0.2) is 0 Å². The first-order chi connectivity index (χ1) is 8.89. The quantitative estimate of drug-likeness (QED) is 0.866. The van der Waals surface area contributed by atoms with Crippen LogP contribution in [0.2, 0.25) is 0 Å². The molecule has 1 rings (SSSR count). The molecule has 0 aliphatic carbocycles. The first-order valence-corrected chi connectivity index (χ1v) is 6.39. The van der Waals surface area contributed by atoms with E-state index in [9.17, 15) is 18.0 Å². The van der Waals surface area contributed by atoms with Gasteiger partial charge in [-0.25, -0.2) is 0 Å². The minimum Gasteiger partial charge on any atom is -0.329 e. The fraction of sp³-hybridized carbons (Fsp3) is 0.417. The summed E-state index contributed by atoms with van der Waals surface area (Å²) in [5.74, 6) is 4.61. The summed E-state index contributed by atoms with van der Waals surface area (Å²) in [6.45, 7) is 0.357. The molecule has 1 aromatic heterocycles. The van der Waals surface area contributed by atoms with Crippen molar-refractivity contribution in [2.75, 3.05) is 19.6 Å². The molecule has 0 saturated heterocycles. The summed E-state index contributed by atoms with van der Waals surface area (Å²) in [5.41, 5.74) is 5.64. The lowest BCUT2D eigenvalue weighted by atomic mass is 10.2. The third-order valence-corrected chi connectivity index (χ3v) is 3.13. The van der Waals surface area contributed by atoms with Gasteiger partial charge in [0, 0.05) is 12.1 Å². The van der Waals surface area contributed by atoms with E-state index in [1.165, 1.54) is 6.92 Å². The van der Waals surface area contributed by atoms with E-state index in [2.05, 4.69) is 11.8 Å². The van der Waals surface area contributed by atoms with Crippen LogP contribution in [0.4, 0.5) is 13.2 Å². The second kappa shape index (κ2) is 6.59. The third kappa shape index (κ3) is 4.58. The Kier molecular flexibility index (Phi) is 5.39. The second-order valence-corrected chi connectivity index (χ2v) is 4.52. The molecule has 104 valence electrons. The van der Waals surface area contributed by atoms with E-state index in [-0.39, 0.29) is 18.0 Å². The van der Waals surface area contributed by atoms with E-state index in [0.29, 0.717) is 5.56 Å². The van der Waals surface area contributed by atoms with E-state index in [0.717, 1.165) is 16.2 Å². The van der Waals surface area contributed by atoms with Gasteiger partial charge >= 0.3 is 6.18 Å². The summed E-state index contributed by atoms with van der Waals surface area (Å²) >= 11 is 1.08. The van der Waals surface area contributed by atoms with Crippen molar-refractivity contribution in [2.45, 2.75) is 13.1 Å².